The Balaban J connectivity index is 1.75. The predicted octanol–water partition coefficient (Wildman–Crippen LogP) is 3.72. The second kappa shape index (κ2) is 7.77. The Morgan fingerprint density at radius 1 is 1.32 bits per heavy atom. The van der Waals surface area contributed by atoms with E-state index in [1.54, 1.807) is 12.1 Å². The van der Waals surface area contributed by atoms with Gasteiger partial charge in [0.2, 0.25) is 11.7 Å². The summed E-state index contributed by atoms with van der Waals surface area (Å²) in [7, 11) is 1.39. The molecule has 25 heavy (non-hydrogen) atoms. The number of hydrogen-bond donors (Lipinski definition) is 0. The van der Waals surface area contributed by atoms with Crippen LogP contribution in [0.5, 0.6) is 11.5 Å². The fraction of sp³-hybridized carbons (Fsp3) is 0.529. The summed E-state index contributed by atoms with van der Waals surface area (Å²) in [6.45, 7) is 0.913. The molecule has 1 aromatic heterocycles. The number of ether oxygens (including phenoxy) is 2. The van der Waals surface area contributed by atoms with Crippen LogP contribution in [0.15, 0.2) is 22.7 Å². The Morgan fingerprint density at radius 2 is 2.16 bits per heavy atom. The van der Waals surface area contributed by atoms with Gasteiger partial charge in [-0.25, -0.2) is 0 Å². The third-order valence-electron chi connectivity index (χ3n) is 4.38. The van der Waals surface area contributed by atoms with Crippen molar-refractivity contribution >= 4 is 0 Å². The molecule has 1 atom stereocenters. The highest BCUT2D eigenvalue weighted by Gasteiger charge is 2.21. The number of benzene rings is 1. The molecular formula is C17H21F2N3O3. The van der Waals surface area contributed by atoms with Gasteiger partial charge in [0, 0.05) is 11.6 Å². The third kappa shape index (κ3) is 4.25. The Kier molecular flexibility index (Phi) is 5.47. The largest absolute Gasteiger partial charge is 0.493 e. The van der Waals surface area contributed by atoms with Crippen molar-refractivity contribution in [3.05, 3.63) is 24.1 Å². The maximum Gasteiger partial charge on any atom is 0.387 e. The topological polar surface area (TPSA) is 60.6 Å². The molecule has 136 valence electrons. The second-order valence-electron chi connectivity index (χ2n) is 6.07. The minimum Gasteiger partial charge on any atom is -0.493 e. The van der Waals surface area contributed by atoms with Gasteiger partial charge in [-0.1, -0.05) is 11.6 Å². The highest BCUT2D eigenvalue weighted by atomic mass is 19.3. The van der Waals surface area contributed by atoms with E-state index < -0.39 is 6.61 Å². The molecule has 2 aromatic rings. The zero-order chi connectivity index (χ0) is 17.8. The van der Waals surface area contributed by atoms with Gasteiger partial charge in [-0.15, -0.1) is 0 Å². The molecule has 1 unspecified atom stereocenters. The second-order valence-corrected chi connectivity index (χ2v) is 6.07. The molecular weight excluding hydrogens is 332 g/mol. The number of halogens is 2. The normalized spacial score (nSPS) is 18.5. The molecule has 0 saturated carbocycles. The molecule has 0 aliphatic carbocycles. The number of nitrogens with zero attached hydrogens (tertiary/aromatic N) is 3. The smallest absolute Gasteiger partial charge is 0.387 e. The lowest BCUT2D eigenvalue weighted by Gasteiger charge is -2.31. The molecule has 0 N–H and O–H groups in total. The summed E-state index contributed by atoms with van der Waals surface area (Å²) in [4.78, 5) is 6.73. The molecule has 0 bridgehead atoms. The van der Waals surface area contributed by atoms with Crippen LogP contribution < -0.4 is 9.47 Å². The van der Waals surface area contributed by atoms with Crippen molar-refractivity contribution < 1.29 is 22.8 Å². The summed E-state index contributed by atoms with van der Waals surface area (Å²) in [5.74, 6) is 1.08. The first-order valence-corrected chi connectivity index (χ1v) is 8.26. The van der Waals surface area contributed by atoms with E-state index in [1.165, 1.54) is 32.4 Å². The van der Waals surface area contributed by atoms with Crippen molar-refractivity contribution in [1.82, 2.24) is 15.0 Å². The van der Waals surface area contributed by atoms with Crippen LogP contribution in [0.25, 0.3) is 11.4 Å². The Morgan fingerprint density at radius 3 is 2.88 bits per heavy atom. The van der Waals surface area contributed by atoms with Gasteiger partial charge in [0.15, 0.2) is 11.5 Å². The van der Waals surface area contributed by atoms with Crippen LogP contribution in [-0.2, 0) is 6.54 Å². The van der Waals surface area contributed by atoms with Crippen molar-refractivity contribution in [2.45, 2.75) is 45.4 Å². The number of rotatable bonds is 6. The standard InChI is InChI=1S/C17H21F2N3O3/c1-11-5-3-4-8-22(11)10-15-20-16(21-25-15)12-6-7-13(24-17(18)19)14(9-12)23-2/h6-7,9,11,17H,3-5,8,10H2,1-2H3. The first-order valence-electron chi connectivity index (χ1n) is 8.26. The molecule has 2 heterocycles. The Hall–Kier alpha value is -2.22. The SMILES string of the molecule is COc1cc(-c2noc(CN3CCCCC3C)n2)ccc1OC(F)F. The summed E-state index contributed by atoms with van der Waals surface area (Å²) >= 11 is 0. The lowest BCUT2D eigenvalue weighted by molar-refractivity contribution is -0.0512. The van der Waals surface area contributed by atoms with Gasteiger partial charge < -0.3 is 14.0 Å². The van der Waals surface area contributed by atoms with Gasteiger partial charge in [-0.2, -0.15) is 13.8 Å². The first kappa shape index (κ1) is 17.6. The van der Waals surface area contributed by atoms with E-state index in [2.05, 4.69) is 26.7 Å². The summed E-state index contributed by atoms with van der Waals surface area (Å²) in [5, 5.41) is 3.99. The van der Waals surface area contributed by atoms with Gasteiger partial charge in [-0.3, -0.25) is 4.90 Å². The number of hydrogen-bond acceptors (Lipinski definition) is 6. The lowest BCUT2D eigenvalue weighted by Crippen LogP contribution is -2.36. The monoisotopic (exact) mass is 353 g/mol. The minimum absolute atomic E-state index is 0.0351. The van der Waals surface area contributed by atoms with E-state index in [0.29, 0.717) is 29.9 Å². The quantitative estimate of drug-likeness (QED) is 0.789. The summed E-state index contributed by atoms with van der Waals surface area (Å²) < 4.78 is 39.6. The zero-order valence-corrected chi connectivity index (χ0v) is 14.2. The molecule has 8 heteroatoms. The fourth-order valence-electron chi connectivity index (χ4n) is 3.00. The van der Waals surface area contributed by atoms with Gasteiger partial charge in [0.1, 0.15) is 0 Å². The summed E-state index contributed by atoms with van der Waals surface area (Å²) in [6.07, 6.45) is 3.59. The summed E-state index contributed by atoms with van der Waals surface area (Å²) in [6, 6.07) is 5.05. The first-order chi connectivity index (χ1) is 12.1. The lowest BCUT2D eigenvalue weighted by atomic mass is 10.0. The number of aromatic nitrogens is 2. The van der Waals surface area contributed by atoms with E-state index in [9.17, 15) is 8.78 Å². The fourth-order valence-corrected chi connectivity index (χ4v) is 3.00. The van der Waals surface area contributed by atoms with E-state index in [0.717, 1.165) is 6.54 Å². The van der Waals surface area contributed by atoms with Crippen molar-refractivity contribution in [2.24, 2.45) is 0 Å². The Labute approximate surface area is 144 Å². The maximum absolute atomic E-state index is 12.4. The predicted molar refractivity (Wildman–Crippen MR) is 86.6 cm³/mol. The molecule has 0 spiro atoms. The van der Waals surface area contributed by atoms with Gasteiger partial charge in [0.05, 0.1) is 13.7 Å². The molecule has 3 rings (SSSR count). The van der Waals surface area contributed by atoms with Crippen molar-refractivity contribution in [3.8, 4) is 22.9 Å². The average Bonchev–Trinajstić information content (AvgIpc) is 3.05. The molecule has 1 aliphatic heterocycles. The van der Waals surface area contributed by atoms with Crippen LogP contribution in [-0.4, -0.2) is 41.3 Å². The molecule has 0 radical (unpaired) electrons. The van der Waals surface area contributed by atoms with Crippen LogP contribution in [0.4, 0.5) is 8.78 Å². The molecule has 1 saturated heterocycles. The van der Waals surface area contributed by atoms with Crippen LogP contribution >= 0.6 is 0 Å². The van der Waals surface area contributed by atoms with Crippen LogP contribution in [0.3, 0.4) is 0 Å². The van der Waals surface area contributed by atoms with Crippen LogP contribution in [0.1, 0.15) is 32.1 Å². The van der Waals surface area contributed by atoms with Crippen molar-refractivity contribution in [1.29, 1.82) is 0 Å². The van der Waals surface area contributed by atoms with Crippen LogP contribution in [0.2, 0.25) is 0 Å². The van der Waals surface area contributed by atoms with E-state index in [-0.39, 0.29) is 11.5 Å². The molecule has 6 nitrogen and oxygen atoms in total. The Bertz CT molecular complexity index is 708. The van der Waals surface area contributed by atoms with Gasteiger partial charge >= 0.3 is 6.61 Å². The van der Waals surface area contributed by atoms with Gasteiger partial charge in [0.25, 0.3) is 0 Å². The molecule has 1 fully saturated rings. The van der Waals surface area contributed by atoms with Crippen molar-refractivity contribution in [2.75, 3.05) is 13.7 Å². The number of alkyl halides is 2. The molecule has 0 amide bonds. The zero-order valence-electron chi connectivity index (χ0n) is 14.2. The number of piperidine rings is 1. The number of methoxy groups -OCH3 is 1. The van der Waals surface area contributed by atoms with Crippen molar-refractivity contribution in [3.63, 3.8) is 0 Å². The minimum atomic E-state index is -2.91. The molecule has 1 aliphatic rings. The molecule has 1 aromatic carbocycles. The number of likely N-dealkylation sites (tertiary alicyclic amines) is 1. The van der Waals surface area contributed by atoms with Gasteiger partial charge in [-0.05, 0) is 44.5 Å². The third-order valence-corrected chi connectivity index (χ3v) is 4.38. The van der Waals surface area contributed by atoms with E-state index in [4.69, 9.17) is 9.26 Å². The average molecular weight is 353 g/mol. The highest BCUT2D eigenvalue weighted by Crippen LogP contribution is 2.32. The van der Waals surface area contributed by atoms with Crippen LogP contribution in [0, 0.1) is 0 Å². The summed E-state index contributed by atoms with van der Waals surface area (Å²) in [5.41, 5.74) is 0.611. The van der Waals surface area contributed by atoms with E-state index >= 15 is 0 Å². The maximum atomic E-state index is 12.4. The highest BCUT2D eigenvalue weighted by molar-refractivity contribution is 5.60. The van der Waals surface area contributed by atoms with E-state index in [1.807, 2.05) is 0 Å².